The minimum Gasteiger partial charge on any atom is -0.339 e. The summed E-state index contributed by atoms with van der Waals surface area (Å²) in [5.41, 5.74) is 8.29. The van der Waals surface area contributed by atoms with Crippen molar-refractivity contribution in [2.45, 2.75) is 19.5 Å². The van der Waals surface area contributed by atoms with Gasteiger partial charge in [0.15, 0.2) is 0 Å². The van der Waals surface area contributed by atoms with Crippen LogP contribution in [0.15, 0.2) is 107 Å². The van der Waals surface area contributed by atoms with E-state index in [0.29, 0.717) is 0 Å². The zero-order valence-electron chi connectivity index (χ0n) is 21.1. The maximum Gasteiger partial charge on any atom is 0.104 e. The van der Waals surface area contributed by atoms with Crippen LogP contribution in [0.4, 0.5) is 0 Å². The number of para-hydroxylation sites is 2. The molecule has 4 nitrogen and oxygen atoms in total. The highest BCUT2D eigenvalue weighted by atomic mass is 32.1. The van der Waals surface area contributed by atoms with Gasteiger partial charge in [0.25, 0.3) is 0 Å². The Morgan fingerprint density at radius 3 is 1.85 bits per heavy atom. The lowest BCUT2D eigenvalue weighted by molar-refractivity contribution is 0.602. The van der Waals surface area contributed by atoms with Gasteiger partial charge in [-0.3, -0.25) is 9.97 Å². The van der Waals surface area contributed by atoms with Crippen molar-refractivity contribution in [2.75, 3.05) is 0 Å². The van der Waals surface area contributed by atoms with Crippen LogP contribution in [-0.4, -0.2) is 19.1 Å². The minimum absolute atomic E-state index is 0.898. The van der Waals surface area contributed by atoms with Crippen LogP contribution < -0.4 is 0 Å². The SMILES string of the molecule is c1csc(-c2nccc3c4ccccc4n(CCCn4c5ccccc5c5ccnc(-c6ccsc6)c54)c23)c1. The molecule has 0 bridgehead atoms. The Morgan fingerprint density at radius 2 is 1.23 bits per heavy atom. The third-order valence-electron chi connectivity index (χ3n) is 7.67. The molecule has 188 valence electrons. The van der Waals surface area contributed by atoms with Gasteiger partial charge in [0.1, 0.15) is 5.69 Å². The molecule has 0 aliphatic rings. The summed E-state index contributed by atoms with van der Waals surface area (Å²) < 4.78 is 4.97. The maximum absolute atomic E-state index is 4.86. The molecule has 0 aliphatic heterocycles. The number of aromatic nitrogens is 4. The van der Waals surface area contributed by atoms with Gasteiger partial charge in [0.05, 0.1) is 21.6 Å². The highest BCUT2D eigenvalue weighted by Crippen LogP contribution is 2.38. The molecule has 0 aliphatic carbocycles. The largest absolute Gasteiger partial charge is 0.339 e. The Morgan fingerprint density at radius 1 is 0.590 bits per heavy atom. The fourth-order valence-corrected chi connectivity index (χ4v) is 7.42. The van der Waals surface area contributed by atoms with Gasteiger partial charge in [0, 0.05) is 69.0 Å². The van der Waals surface area contributed by atoms with E-state index in [-0.39, 0.29) is 0 Å². The first-order valence-electron chi connectivity index (χ1n) is 13.2. The number of aryl methyl sites for hydroxylation is 2. The number of nitrogens with zero attached hydrogens (tertiary/aromatic N) is 4. The molecule has 6 aromatic heterocycles. The molecule has 6 heterocycles. The van der Waals surface area contributed by atoms with Crippen molar-refractivity contribution in [3.05, 3.63) is 107 Å². The smallest absolute Gasteiger partial charge is 0.104 e. The monoisotopic (exact) mass is 540 g/mol. The normalized spacial score (nSPS) is 11.9. The molecule has 0 fully saturated rings. The average Bonchev–Trinajstić information content (AvgIpc) is 3.80. The second-order valence-corrected chi connectivity index (χ2v) is 11.5. The first kappa shape index (κ1) is 22.7. The van der Waals surface area contributed by atoms with Gasteiger partial charge in [-0.05, 0) is 53.6 Å². The Balaban J connectivity index is 1.26. The molecular formula is C33H24N4S2. The fourth-order valence-electron chi connectivity index (χ4n) is 6.06. The van der Waals surface area contributed by atoms with Crippen LogP contribution in [0.3, 0.4) is 0 Å². The molecule has 2 aromatic carbocycles. The van der Waals surface area contributed by atoms with E-state index in [1.54, 1.807) is 22.7 Å². The second kappa shape index (κ2) is 9.19. The van der Waals surface area contributed by atoms with Crippen LogP contribution in [0.25, 0.3) is 65.4 Å². The van der Waals surface area contributed by atoms with Crippen molar-refractivity contribution in [1.82, 2.24) is 19.1 Å². The van der Waals surface area contributed by atoms with Gasteiger partial charge in [-0.2, -0.15) is 11.3 Å². The summed E-state index contributed by atoms with van der Waals surface area (Å²) >= 11 is 3.46. The highest BCUT2D eigenvalue weighted by molar-refractivity contribution is 7.13. The van der Waals surface area contributed by atoms with E-state index in [1.165, 1.54) is 54.1 Å². The third kappa shape index (κ3) is 3.56. The molecule has 0 unspecified atom stereocenters. The van der Waals surface area contributed by atoms with Gasteiger partial charge >= 0.3 is 0 Å². The molecule has 0 spiro atoms. The summed E-state index contributed by atoms with van der Waals surface area (Å²) in [5.74, 6) is 0. The second-order valence-electron chi connectivity index (χ2n) is 9.79. The van der Waals surface area contributed by atoms with E-state index >= 15 is 0 Å². The topological polar surface area (TPSA) is 35.6 Å². The molecule has 0 amide bonds. The third-order valence-corrected chi connectivity index (χ3v) is 9.23. The Kier molecular flexibility index (Phi) is 5.35. The van der Waals surface area contributed by atoms with Crippen LogP contribution in [0, 0.1) is 0 Å². The predicted molar refractivity (Wildman–Crippen MR) is 166 cm³/mol. The molecule has 0 atom stereocenters. The van der Waals surface area contributed by atoms with E-state index in [1.807, 2.05) is 12.4 Å². The number of fused-ring (bicyclic) bond motifs is 6. The number of pyridine rings is 2. The van der Waals surface area contributed by atoms with E-state index in [2.05, 4.69) is 104 Å². The first-order valence-corrected chi connectivity index (χ1v) is 15.0. The summed E-state index contributed by atoms with van der Waals surface area (Å²) in [6, 6.07) is 28.3. The van der Waals surface area contributed by atoms with E-state index in [0.717, 1.165) is 30.9 Å². The van der Waals surface area contributed by atoms with Crippen LogP contribution in [-0.2, 0) is 13.1 Å². The zero-order valence-corrected chi connectivity index (χ0v) is 22.8. The number of hydrogen-bond acceptors (Lipinski definition) is 4. The van der Waals surface area contributed by atoms with Gasteiger partial charge < -0.3 is 9.13 Å². The van der Waals surface area contributed by atoms with Crippen LogP contribution >= 0.6 is 22.7 Å². The standard InChI is InChI=1S/C33H24N4S2/c1-3-9-27-23(7-1)25-12-15-34-30(22-14-20-38-21-22)32(25)36(27)17-6-18-37-28-10-4-2-8-24(28)26-13-16-35-31(33(26)37)29-11-5-19-39-29/h1-5,7-16,19-21H,6,17-18H2. The van der Waals surface area contributed by atoms with Crippen LogP contribution in [0.5, 0.6) is 0 Å². The number of thiophene rings is 2. The molecule has 0 saturated heterocycles. The van der Waals surface area contributed by atoms with Crippen molar-refractivity contribution < 1.29 is 0 Å². The Labute approximate surface area is 233 Å². The molecule has 39 heavy (non-hydrogen) atoms. The Hall–Kier alpha value is -4.26. The first-order chi connectivity index (χ1) is 19.4. The maximum atomic E-state index is 4.86. The number of hydrogen-bond donors (Lipinski definition) is 0. The van der Waals surface area contributed by atoms with Crippen molar-refractivity contribution >= 4 is 66.3 Å². The van der Waals surface area contributed by atoms with Crippen molar-refractivity contribution in [3.8, 4) is 21.8 Å². The number of benzene rings is 2. The average molecular weight is 541 g/mol. The van der Waals surface area contributed by atoms with Crippen molar-refractivity contribution in [1.29, 1.82) is 0 Å². The molecule has 8 rings (SSSR count). The van der Waals surface area contributed by atoms with Gasteiger partial charge in [0.2, 0.25) is 0 Å². The lowest BCUT2D eigenvalue weighted by Crippen LogP contribution is -2.05. The molecule has 6 heteroatoms. The lowest BCUT2D eigenvalue weighted by Gasteiger charge is -2.13. The molecule has 0 radical (unpaired) electrons. The zero-order chi connectivity index (χ0) is 25.8. The molecule has 8 aromatic rings. The number of rotatable bonds is 6. The van der Waals surface area contributed by atoms with E-state index in [4.69, 9.17) is 9.97 Å². The molecule has 0 saturated carbocycles. The van der Waals surface area contributed by atoms with E-state index in [9.17, 15) is 0 Å². The summed E-state index contributed by atoms with van der Waals surface area (Å²) in [6.07, 6.45) is 4.88. The van der Waals surface area contributed by atoms with E-state index < -0.39 is 0 Å². The Bertz CT molecular complexity index is 1950. The van der Waals surface area contributed by atoms with Crippen LogP contribution in [0.1, 0.15) is 6.42 Å². The van der Waals surface area contributed by atoms with Gasteiger partial charge in [-0.25, -0.2) is 0 Å². The highest BCUT2D eigenvalue weighted by Gasteiger charge is 2.18. The predicted octanol–water partition coefficient (Wildman–Crippen LogP) is 9.24. The van der Waals surface area contributed by atoms with Gasteiger partial charge in [-0.15, -0.1) is 11.3 Å². The molecule has 0 N–H and O–H groups in total. The van der Waals surface area contributed by atoms with Crippen molar-refractivity contribution in [2.24, 2.45) is 0 Å². The summed E-state index contributed by atoms with van der Waals surface area (Å²) in [5, 5.41) is 11.6. The molecular weight excluding hydrogens is 517 g/mol. The minimum atomic E-state index is 0.898. The summed E-state index contributed by atoms with van der Waals surface area (Å²) in [7, 11) is 0. The van der Waals surface area contributed by atoms with Crippen molar-refractivity contribution in [3.63, 3.8) is 0 Å². The van der Waals surface area contributed by atoms with Crippen LogP contribution in [0.2, 0.25) is 0 Å². The quantitative estimate of drug-likeness (QED) is 0.211. The summed E-state index contributed by atoms with van der Waals surface area (Å²) in [4.78, 5) is 10.9. The van der Waals surface area contributed by atoms with Gasteiger partial charge in [-0.1, -0.05) is 42.5 Å². The lowest BCUT2D eigenvalue weighted by atomic mass is 10.1. The summed E-state index contributed by atoms with van der Waals surface area (Å²) in [6.45, 7) is 1.80. The fraction of sp³-hybridized carbons (Fsp3) is 0.0909.